The predicted octanol–water partition coefficient (Wildman–Crippen LogP) is 1.98. The third kappa shape index (κ3) is 3.13. The predicted molar refractivity (Wildman–Crippen MR) is 73.5 cm³/mol. The SMILES string of the molecule is C[C@H](SCc1ccn(-c2ccccc2)n1)C(N)=O. The fourth-order valence-corrected chi connectivity index (χ4v) is 2.19. The molecule has 0 bridgehead atoms. The first-order valence-electron chi connectivity index (χ1n) is 5.67. The molecule has 2 aromatic rings. The summed E-state index contributed by atoms with van der Waals surface area (Å²) in [6.45, 7) is 1.81. The van der Waals surface area contributed by atoms with Gasteiger partial charge in [0.15, 0.2) is 0 Å². The molecule has 0 saturated heterocycles. The van der Waals surface area contributed by atoms with E-state index < -0.39 is 0 Å². The zero-order valence-electron chi connectivity index (χ0n) is 10.1. The molecule has 0 aliphatic rings. The smallest absolute Gasteiger partial charge is 0.230 e. The Labute approximate surface area is 110 Å². The number of benzene rings is 1. The molecule has 0 unspecified atom stereocenters. The van der Waals surface area contributed by atoms with Crippen molar-refractivity contribution >= 4 is 17.7 Å². The summed E-state index contributed by atoms with van der Waals surface area (Å²) in [6.07, 6.45) is 1.92. The summed E-state index contributed by atoms with van der Waals surface area (Å²) in [5.74, 6) is 0.395. The fourth-order valence-electron chi connectivity index (χ4n) is 1.46. The van der Waals surface area contributed by atoms with Gasteiger partial charge in [0.25, 0.3) is 0 Å². The standard InChI is InChI=1S/C13H15N3OS/c1-10(13(14)17)18-9-11-7-8-16(15-11)12-5-3-2-4-6-12/h2-8,10H,9H2,1H3,(H2,14,17)/t10-/m0/s1. The summed E-state index contributed by atoms with van der Waals surface area (Å²) < 4.78 is 1.82. The molecule has 2 N–H and O–H groups in total. The molecular weight excluding hydrogens is 246 g/mol. The zero-order valence-corrected chi connectivity index (χ0v) is 10.9. The number of hydrogen-bond donors (Lipinski definition) is 1. The van der Waals surface area contributed by atoms with E-state index in [1.807, 2.05) is 47.3 Å². The van der Waals surface area contributed by atoms with Crippen molar-refractivity contribution in [1.29, 1.82) is 0 Å². The summed E-state index contributed by atoms with van der Waals surface area (Å²) in [7, 11) is 0. The van der Waals surface area contributed by atoms with Crippen LogP contribution in [0.25, 0.3) is 5.69 Å². The van der Waals surface area contributed by atoms with E-state index in [1.165, 1.54) is 11.8 Å². The van der Waals surface area contributed by atoms with Crippen molar-refractivity contribution in [2.75, 3.05) is 0 Å². The lowest BCUT2D eigenvalue weighted by Crippen LogP contribution is -2.22. The van der Waals surface area contributed by atoms with Gasteiger partial charge in [0, 0.05) is 11.9 Å². The van der Waals surface area contributed by atoms with E-state index in [9.17, 15) is 4.79 Å². The van der Waals surface area contributed by atoms with Gasteiger partial charge >= 0.3 is 0 Å². The Morgan fingerprint density at radius 3 is 2.78 bits per heavy atom. The highest BCUT2D eigenvalue weighted by atomic mass is 32.2. The molecule has 0 fully saturated rings. The van der Waals surface area contributed by atoms with Gasteiger partial charge in [0.2, 0.25) is 5.91 Å². The van der Waals surface area contributed by atoms with E-state index in [-0.39, 0.29) is 11.2 Å². The summed E-state index contributed by atoms with van der Waals surface area (Å²) in [5.41, 5.74) is 7.18. The van der Waals surface area contributed by atoms with E-state index in [2.05, 4.69) is 5.10 Å². The Morgan fingerprint density at radius 1 is 1.39 bits per heavy atom. The highest BCUT2D eigenvalue weighted by molar-refractivity contribution is 7.99. The zero-order chi connectivity index (χ0) is 13.0. The van der Waals surface area contributed by atoms with Crippen molar-refractivity contribution in [1.82, 2.24) is 9.78 Å². The molecule has 1 heterocycles. The first-order valence-corrected chi connectivity index (χ1v) is 6.72. The largest absolute Gasteiger partial charge is 0.369 e. The Hall–Kier alpha value is -1.75. The highest BCUT2D eigenvalue weighted by Crippen LogP contribution is 2.17. The lowest BCUT2D eigenvalue weighted by Gasteiger charge is -2.04. The van der Waals surface area contributed by atoms with Crippen molar-refractivity contribution in [2.24, 2.45) is 5.73 Å². The summed E-state index contributed by atoms with van der Waals surface area (Å²) >= 11 is 1.50. The molecule has 0 saturated carbocycles. The van der Waals surface area contributed by atoms with Crippen LogP contribution in [0.1, 0.15) is 12.6 Å². The van der Waals surface area contributed by atoms with Gasteiger partial charge in [-0.15, -0.1) is 11.8 Å². The lowest BCUT2D eigenvalue weighted by molar-refractivity contribution is -0.117. The van der Waals surface area contributed by atoms with Crippen LogP contribution in [-0.4, -0.2) is 20.9 Å². The molecule has 0 radical (unpaired) electrons. The van der Waals surface area contributed by atoms with Crippen LogP contribution in [0.3, 0.4) is 0 Å². The number of rotatable bonds is 5. The van der Waals surface area contributed by atoms with Crippen molar-refractivity contribution in [2.45, 2.75) is 17.9 Å². The van der Waals surface area contributed by atoms with Gasteiger partial charge in [-0.25, -0.2) is 4.68 Å². The topological polar surface area (TPSA) is 60.9 Å². The highest BCUT2D eigenvalue weighted by Gasteiger charge is 2.10. The molecular formula is C13H15N3OS. The van der Waals surface area contributed by atoms with Crippen molar-refractivity contribution < 1.29 is 4.79 Å². The van der Waals surface area contributed by atoms with Gasteiger partial charge in [0.05, 0.1) is 16.6 Å². The molecule has 1 amide bonds. The number of carbonyl (C=O) groups excluding carboxylic acids is 1. The molecule has 1 aromatic heterocycles. The van der Waals surface area contributed by atoms with Crippen LogP contribution in [0.15, 0.2) is 42.6 Å². The Morgan fingerprint density at radius 2 is 2.11 bits per heavy atom. The third-order valence-electron chi connectivity index (χ3n) is 2.55. The molecule has 2 rings (SSSR count). The van der Waals surface area contributed by atoms with E-state index in [0.29, 0.717) is 5.75 Å². The minimum absolute atomic E-state index is 0.188. The van der Waals surface area contributed by atoms with Crippen molar-refractivity contribution in [3.63, 3.8) is 0 Å². The average Bonchev–Trinajstić information content (AvgIpc) is 2.85. The van der Waals surface area contributed by atoms with Crippen LogP contribution in [0.2, 0.25) is 0 Å². The second-order valence-electron chi connectivity index (χ2n) is 3.94. The Balaban J connectivity index is 2.01. The molecule has 94 valence electrons. The van der Waals surface area contributed by atoms with Gasteiger partial charge < -0.3 is 5.73 Å². The molecule has 1 atom stereocenters. The molecule has 0 spiro atoms. The Bertz CT molecular complexity index is 524. The Kier molecular flexibility index (Phi) is 4.04. The number of thioether (sulfide) groups is 1. The van der Waals surface area contributed by atoms with Crippen LogP contribution in [0, 0.1) is 0 Å². The van der Waals surface area contributed by atoms with Crippen molar-refractivity contribution in [3.05, 3.63) is 48.3 Å². The monoisotopic (exact) mass is 261 g/mol. The van der Waals surface area contributed by atoms with Crippen LogP contribution < -0.4 is 5.73 Å². The summed E-state index contributed by atoms with van der Waals surface area (Å²) in [6, 6.07) is 11.9. The van der Waals surface area contributed by atoms with Gasteiger partial charge in [-0.05, 0) is 25.1 Å². The van der Waals surface area contributed by atoms with Gasteiger partial charge in [-0.1, -0.05) is 18.2 Å². The van der Waals surface area contributed by atoms with E-state index in [4.69, 9.17) is 5.73 Å². The third-order valence-corrected chi connectivity index (χ3v) is 3.74. The lowest BCUT2D eigenvalue weighted by atomic mass is 10.3. The number of nitrogens with zero attached hydrogens (tertiary/aromatic N) is 2. The molecule has 0 aliphatic heterocycles. The first kappa shape index (κ1) is 12.7. The minimum atomic E-state index is -0.289. The maximum Gasteiger partial charge on any atom is 0.230 e. The minimum Gasteiger partial charge on any atom is -0.369 e. The van der Waals surface area contributed by atoms with E-state index >= 15 is 0 Å². The van der Waals surface area contributed by atoms with Crippen molar-refractivity contribution in [3.8, 4) is 5.69 Å². The number of nitrogens with two attached hydrogens (primary N) is 1. The second-order valence-corrected chi connectivity index (χ2v) is 5.27. The fraction of sp³-hybridized carbons (Fsp3) is 0.231. The van der Waals surface area contributed by atoms with Crippen LogP contribution in [0.5, 0.6) is 0 Å². The van der Waals surface area contributed by atoms with Crippen LogP contribution in [-0.2, 0) is 10.5 Å². The van der Waals surface area contributed by atoms with Gasteiger partial charge in [-0.2, -0.15) is 5.10 Å². The van der Waals surface area contributed by atoms with E-state index in [1.54, 1.807) is 6.92 Å². The van der Waals surface area contributed by atoms with E-state index in [0.717, 1.165) is 11.4 Å². The number of hydrogen-bond acceptors (Lipinski definition) is 3. The first-order chi connectivity index (χ1) is 8.66. The summed E-state index contributed by atoms with van der Waals surface area (Å²) in [4.78, 5) is 10.9. The number of primary amides is 1. The number of amides is 1. The maximum atomic E-state index is 10.9. The summed E-state index contributed by atoms with van der Waals surface area (Å²) in [5, 5.41) is 4.27. The number of para-hydroxylation sites is 1. The van der Waals surface area contributed by atoms with Gasteiger partial charge in [-0.3, -0.25) is 4.79 Å². The quantitative estimate of drug-likeness (QED) is 0.895. The second kappa shape index (κ2) is 5.73. The average molecular weight is 261 g/mol. The molecule has 4 nitrogen and oxygen atoms in total. The van der Waals surface area contributed by atoms with Crippen LogP contribution in [0.4, 0.5) is 0 Å². The van der Waals surface area contributed by atoms with Crippen LogP contribution >= 0.6 is 11.8 Å². The molecule has 0 aliphatic carbocycles. The molecule has 18 heavy (non-hydrogen) atoms. The molecule has 1 aromatic carbocycles. The normalized spacial score (nSPS) is 12.3. The van der Waals surface area contributed by atoms with Gasteiger partial charge in [0.1, 0.15) is 0 Å². The maximum absolute atomic E-state index is 10.9. The number of aromatic nitrogens is 2. The molecule has 5 heteroatoms. The number of carbonyl (C=O) groups is 1.